The van der Waals surface area contributed by atoms with Gasteiger partial charge in [-0.3, -0.25) is 9.59 Å². The Morgan fingerprint density at radius 3 is 2.10 bits per heavy atom. The SMILES string of the molecule is C=C(C[C@H](NC(=O)CCC(C)C)C(=O)NC(C)c1nc2ccccc2[nH]1)N1CCCC1.CC.I.[HH].[HH].c1ccccc1. The largest absolute Gasteiger partial charge is 0.375 e. The molecule has 40 heavy (non-hydrogen) atoms. The Morgan fingerprint density at radius 2 is 1.55 bits per heavy atom. The number of hydrogen-bond donors (Lipinski definition) is 3. The fourth-order valence-electron chi connectivity index (χ4n) is 4.24. The molecule has 0 spiro atoms. The minimum absolute atomic E-state index is 0. The number of carbonyl (C=O) groups is 2. The number of para-hydroxylation sites is 2. The lowest BCUT2D eigenvalue weighted by Gasteiger charge is -2.26. The highest BCUT2D eigenvalue weighted by molar-refractivity contribution is 14.0. The minimum Gasteiger partial charge on any atom is -0.375 e. The van der Waals surface area contributed by atoms with E-state index in [9.17, 15) is 9.59 Å². The third-order valence-electron chi connectivity index (χ3n) is 6.44. The van der Waals surface area contributed by atoms with Crippen molar-refractivity contribution in [1.82, 2.24) is 25.5 Å². The van der Waals surface area contributed by atoms with E-state index in [0.29, 0.717) is 24.6 Å². The van der Waals surface area contributed by atoms with Gasteiger partial charge in [-0.25, -0.2) is 4.98 Å². The second-order valence-corrected chi connectivity index (χ2v) is 10.0. The molecule has 1 aliphatic rings. The molecule has 8 heteroatoms. The molecule has 0 radical (unpaired) electrons. The highest BCUT2D eigenvalue weighted by atomic mass is 127. The number of amides is 2. The van der Waals surface area contributed by atoms with E-state index in [2.05, 4.69) is 45.9 Å². The standard InChI is InChI=1S/C24H35N5O2.C6H6.C2H6.HI.2H2/c1-16(2)11-12-22(30)26-21(15-17(3)29-13-7-8-14-29)24(31)25-18(4)23-27-19-9-5-6-10-20(19)28-23;1-2-4-6-5-3-1;1-2;;;/h5-6,9-10,16,18,21H,3,7-8,11-15H2,1-2,4H3,(H,25,31)(H,26,30)(H,27,28);1-6H;1-2H3;3*1H/t18?,21-;;;;;/m0...../s1. The molecule has 2 heterocycles. The molecule has 3 N–H and O–H groups in total. The van der Waals surface area contributed by atoms with Crippen LogP contribution in [0.2, 0.25) is 0 Å². The second-order valence-electron chi connectivity index (χ2n) is 10.0. The molecule has 2 amide bonds. The van der Waals surface area contributed by atoms with Crippen LogP contribution in [0.1, 0.15) is 81.4 Å². The lowest BCUT2D eigenvalue weighted by Crippen LogP contribution is -2.48. The first-order valence-corrected chi connectivity index (χ1v) is 14.3. The Bertz CT molecular complexity index is 1090. The van der Waals surface area contributed by atoms with Gasteiger partial charge in [0.1, 0.15) is 11.9 Å². The van der Waals surface area contributed by atoms with E-state index in [1.807, 2.05) is 81.4 Å². The molecule has 224 valence electrons. The van der Waals surface area contributed by atoms with Crippen LogP contribution in [0.15, 0.2) is 72.9 Å². The number of carbonyl (C=O) groups excluding carboxylic acids is 2. The summed E-state index contributed by atoms with van der Waals surface area (Å²) >= 11 is 0. The smallest absolute Gasteiger partial charge is 0.243 e. The van der Waals surface area contributed by atoms with Crippen LogP contribution in [0.3, 0.4) is 0 Å². The summed E-state index contributed by atoms with van der Waals surface area (Å²) in [5.74, 6) is 0.814. The zero-order valence-electron chi connectivity index (χ0n) is 24.8. The van der Waals surface area contributed by atoms with Gasteiger partial charge in [0.15, 0.2) is 0 Å². The molecule has 0 saturated carbocycles. The van der Waals surface area contributed by atoms with Crippen LogP contribution in [0.4, 0.5) is 0 Å². The van der Waals surface area contributed by atoms with Crippen LogP contribution in [0.5, 0.6) is 0 Å². The molecule has 1 saturated heterocycles. The second kappa shape index (κ2) is 19.2. The number of nitrogens with zero attached hydrogens (tertiary/aromatic N) is 2. The zero-order chi connectivity index (χ0) is 28.6. The zero-order valence-corrected chi connectivity index (χ0v) is 27.1. The summed E-state index contributed by atoms with van der Waals surface area (Å²) in [5, 5.41) is 5.96. The van der Waals surface area contributed by atoms with Crippen molar-refractivity contribution < 1.29 is 12.4 Å². The summed E-state index contributed by atoms with van der Waals surface area (Å²) in [5.41, 5.74) is 2.69. The van der Waals surface area contributed by atoms with Gasteiger partial charge in [-0.15, -0.1) is 24.0 Å². The number of imidazole rings is 1. The van der Waals surface area contributed by atoms with Crippen molar-refractivity contribution in [2.75, 3.05) is 13.1 Å². The predicted molar refractivity (Wildman–Crippen MR) is 181 cm³/mol. The Balaban J connectivity index is 0. The van der Waals surface area contributed by atoms with Crippen molar-refractivity contribution in [2.45, 2.75) is 78.8 Å². The topological polar surface area (TPSA) is 90.1 Å². The molecule has 7 nitrogen and oxygen atoms in total. The summed E-state index contributed by atoms with van der Waals surface area (Å²) in [6.45, 7) is 16.2. The monoisotopic (exact) mass is 665 g/mol. The van der Waals surface area contributed by atoms with E-state index < -0.39 is 6.04 Å². The van der Waals surface area contributed by atoms with Crippen LogP contribution in [0, 0.1) is 5.92 Å². The van der Waals surface area contributed by atoms with E-state index in [4.69, 9.17) is 0 Å². The van der Waals surface area contributed by atoms with Gasteiger partial charge in [0.25, 0.3) is 0 Å². The van der Waals surface area contributed by atoms with Crippen molar-refractivity contribution in [3.8, 4) is 0 Å². The van der Waals surface area contributed by atoms with Crippen LogP contribution < -0.4 is 10.6 Å². The summed E-state index contributed by atoms with van der Waals surface area (Å²) in [4.78, 5) is 35.7. The maximum absolute atomic E-state index is 13.1. The van der Waals surface area contributed by atoms with Crippen molar-refractivity contribution in [3.05, 3.63) is 78.8 Å². The van der Waals surface area contributed by atoms with Gasteiger partial charge in [0.2, 0.25) is 11.8 Å². The number of benzene rings is 2. The van der Waals surface area contributed by atoms with Gasteiger partial charge in [0.05, 0.1) is 17.1 Å². The number of aromatic amines is 1. The third-order valence-corrected chi connectivity index (χ3v) is 6.44. The average molecular weight is 666 g/mol. The Labute approximate surface area is 260 Å². The molecule has 0 aliphatic carbocycles. The molecule has 2 atom stereocenters. The van der Waals surface area contributed by atoms with Crippen molar-refractivity contribution >= 4 is 46.8 Å². The fourth-order valence-corrected chi connectivity index (χ4v) is 4.24. The molecule has 0 bridgehead atoms. The van der Waals surface area contributed by atoms with Crippen LogP contribution >= 0.6 is 24.0 Å². The lowest BCUT2D eigenvalue weighted by molar-refractivity contribution is -0.129. The third kappa shape index (κ3) is 12.1. The van der Waals surface area contributed by atoms with E-state index in [0.717, 1.165) is 49.1 Å². The predicted octanol–water partition coefficient (Wildman–Crippen LogP) is 7.48. The molecular formula is C32H52IN5O2. The van der Waals surface area contributed by atoms with Gasteiger partial charge >= 0.3 is 0 Å². The average Bonchev–Trinajstić information content (AvgIpc) is 3.65. The highest BCUT2D eigenvalue weighted by Crippen LogP contribution is 2.19. The Morgan fingerprint density at radius 1 is 0.975 bits per heavy atom. The highest BCUT2D eigenvalue weighted by Gasteiger charge is 2.26. The van der Waals surface area contributed by atoms with Gasteiger partial charge in [0, 0.05) is 34.5 Å². The first-order chi connectivity index (χ1) is 18.8. The maximum Gasteiger partial charge on any atom is 0.243 e. The quantitative estimate of drug-likeness (QED) is 0.196. The first-order valence-electron chi connectivity index (χ1n) is 14.3. The number of nitrogens with one attached hydrogen (secondary N) is 3. The minimum atomic E-state index is -0.653. The van der Waals surface area contributed by atoms with Gasteiger partial charge in [-0.2, -0.15) is 0 Å². The number of halogens is 1. The molecule has 3 aromatic rings. The van der Waals surface area contributed by atoms with Gasteiger partial charge < -0.3 is 20.5 Å². The van der Waals surface area contributed by atoms with Crippen molar-refractivity contribution in [1.29, 1.82) is 0 Å². The molecule has 1 fully saturated rings. The molecule has 2 aromatic carbocycles. The maximum atomic E-state index is 13.1. The molecular weight excluding hydrogens is 613 g/mol. The number of rotatable bonds is 10. The molecule has 1 aromatic heterocycles. The Hall–Kier alpha value is -2.88. The van der Waals surface area contributed by atoms with E-state index >= 15 is 0 Å². The number of hydrogen-bond acceptors (Lipinski definition) is 4. The molecule has 4 rings (SSSR count). The van der Waals surface area contributed by atoms with E-state index in [1.54, 1.807) is 0 Å². The van der Waals surface area contributed by atoms with Crippen molar-refractivity contribution in [3.63, 3.8) is 0 Å². The first kappa shape index (κ1) is 35.1. The molecule has 1 aliphatic heterocycles. The van der Waals surface area contributed by atoms with Gasteiger partial charge in [-0.05, 0) is 44.2 Å². The number of fused-ring (bicyclic) bond motifs is 1. The van der Waals surface area contributed by atoms with Crippen LogP contribution in [0.25, 0.3) is 11.0 Å². The van der Waals surface area contributed by atoms with Crippen molar-refractivity contribution in [2.24, 2.45) is 5.92 Å². The summed E-state index contributed by atoms with van der Waals surface area (Å²) < 4.78 is 0. The van der Waals surface area contributed by atoms with E-state index in [1.165, 1.54) is 0 Å². The summed E-state index contributed by atoms with van der Waals surface area (Å²) in [6, 6.07) is 18.8. The fraction of sp³-hybridized carbons (Fsp3) is 0.469. The van der Waals surface area contributed by atoms with Crippen LogP contribution in [-0.4, -0.2) is 45.8 Å². The lowest BCUT2D eigenvalue weighted by atomic mass is 10.1. The van der Waals surface area contributed by atoms with Gasteiger partial charge in [-0.1, -0.05) is 82.8 Å². The normalized spacial score (nSPS) is 13.6. The number of H-pyrrole nitrogens is 1. The van der Waals surface area contributed by atoms with E-state index in [-0.39, 0.29) is 44.7 Å². The summed E-state index contributed by atoms with van der Waals surface area (Å²) in [6.07, 6.45) is 3.89. The summed E-state index contributed by atoms with van der Waals surface area (Å²) in [7, 11) is 0. The number of aromatic nitrogens is 2. The van der Waals surface area contributed by atoms with Crippen LogP contribution in [-0.2, 0) is 9.59 Å². The molecule has 1 unspecified atom stereocenters. The Kier molecular flexibility index (Phi) is 16.9. The number of likely N-dealkylation sites (tertiary alicyclic amines) is 1.